The van der Waals surface area contributed by atoms with E-state index in [0.29, 0.717) is 5.69 Å². The molecule has 0 spiro atoms. The summed E-state index contributed by atoms with van der Waals surface area (Å²) in [6.07, 6.45) is 2.94. The average Bonchev–Trinajstić information content (AvgIpc) is 2.57. The van der Waals surface area contributed by atoms with Crippen molar-refractivity contribution in [1.29, 1.82) is 0 Å². The molecule has 1 N–H and O–H groups in total. The van der Waals surface area contributed by atoms with E-state index < -0.39 is 5.97 Å². The number of nitrogens with one attached hydrogen (secondary N) is 1. The van der Waals surface area contributed by atoms with E-state index in [-0.39, 0.29) is 12.5 Å². The summed E-state index contributed by atoms with van der Waals surface area (Å²) in [6.45, 7) is 3.51. The van der Waals surface area contributed by atoms with E-state index in [4.69, 9.17) is 4.74 Å². The predicted molar refractivity (Wildman–Crippen MR) is 98.7 cm³/mol. The van der Waals surface area contributed by atoms with Crippen LogP contribution in [0.3, 0.4) is 0 Å². The number of ether oxygens (including phenoxy) is 1. The first-order valence-corrected chi connectivity index (χ1v) is 8.21. The van der Waals surface area contributed by atoms with Gasteiger partial charge < -0.3 is 10.1 Å². The van der Waals surface area contributed by atoms with Crippen LogP contribution in [-0.2, 0) is 14.3 Å². The Balaban J connectivity index is 1.86. The van der Waals surface area contributed by atoms with Gasteiger partial charge in [-0.25, -0.2) is 4.79 Å². The number of anilines is 1. The molecule has 4 nitrogen and oxygen atoms in total. The molecule has 0 saturated carbocycles. The van der Waals surface area contributed by atoms with E-state index >= 15 is 0 Å². The quantitative estimate of drug-likeness (QED) is 0.615. The Morgan fingerprint density at radius 2 is 1.83 bits per heavy atom. The van der Waals surface area contributed by atoms with Gasteiger partial charge in [0, 0.05) is 16.2 Å². The second kappa shape index (κ2) is 8.45. The third-order valence-corrected chi connectivity index (χ3v) is 4.19. The third-order valence-electron chi connectivity index (χ3n) is 3.34. The van der Waals surface area contributed by atoms with Gasteiger partial charge in [-0.05, 0) is 48.7 Å². The van der Waals surface area contributed by atoms with E-state index in [1.807, 2.05) is 56.3 Å². The van der Waals surface area contributed by atoms with Crippen molar-refractivity contribution in [1.82, 2.24) is 0 Å². The molecule has 24 heavy (non-hydrogen) atoms. The van der Waals surface area contributed by atoms with Crippen molar-refractivity contribution in [2.45, 2.75) is 13.8 Å². The van der Waals surface area contributed by atoms with Gasteiger partial charge in [0.1, 0.15) is 0 Å². The zero-order valence-electron chi connectivity index (χ0n) is 13.5. The molecular weight excluding hydrogens is 370 g/mol. The first kappa shape index (κ1) is 17.9. The van der Waals surface area contributed by atoms with Crippen LogP contribution >= 0.6 is 15.9 Å². The molecule has 0 saturated heterocycles. The van der Waals surface area contributed by atoms with Gasteiger partial charge in [0.15, 0.2) is 6.61 Å². The van der Waals surface area contributed by atoms with Crippen molar-refractivity contribution < 1.29 is 14.3 Å². The minimum atomic E-state index is -0.558. The molecule has 0 atom stereocenters. The van der Waals surface area contributed by atoms with Gasteiger partial charge >= 0.3 is 5.97 Å². The predicted octanol–water partition coefficient (Wildman–Crippen LogP) is 4.26. The monoisotopic (exact) mass is 387 g/mol. The molecule has 0 heterocycles. The number of amides is 1. The lowest BCUT2D eigenvalue weighted by atomic mass is 10.1. The van der Waals surface area contributed by atoms with Crippen LogP contribution in [0.5, 0.6) is 0 Å². The number of carbonyl (C=O) groups excluding carboxylic acids is 2. The zero-order chi connectivity index (χ0) is 17.5. The average molecular weight is 388 g/mol. The Labute approximate surface area is 149 Å². The molecule has 124 valence electrons. The summed E-state index contributed by atoms with van der Waals surface area (Å²) in [4.78, 5) is 23.6. The summed E-state index contributed by atoms with van der Waals surface area (Å²) in [5, 5.41) is 2.75. The van der Waals surface area contributed by atoms with Crippen LogP contribution in [0.2, 0.25) is 0 Å². The number of halogens is 1. The van der Waals surface area contributed by atoms with Crippen molar-refractivity contribution >= 4 is 39.6 Å². The van der Waals surface area contributed by atoms with Crippen molar-refractivity contribution in [2.75, 3.05) is 11.9 Å². The van der Waals surface area contributed by atoms with Crippen LogP contribution < -0.4 is 5.32 Å². The first-order chi connectivity index (χ1) is 11.5. The summed E-state index contributed by atoms with van der Waals surface area (Å²) in [7, 11) is 0. The summed E-state index contributed by atoms with van der Waals surface area (Å²) in [6, 6.07) is 13.2. The number of aryl methyl sites for hydroxylation is 2. The largest absolute Gasteiger partial charge is 0.452 e. The van der Waals surface area contributed by atoms with Crippen molar-refractivity contribution in [3.8, 4) is 0 Å². The van der Waals surface area contributed by atoms with E-state index in [2.05, 4.69) is 21.2 Å². The Kier molecular flexibility index (Phi) is 6.32. The molecule has 2 rings (SSSR count). The molecule has 0 aliphatic heterocycles. The van der Waals surface area contributed by atoms with E-state index in [0.717, 1.165) is 21.2 Å². The third kappa shape index (κ3) is 5.35. The number of benzene rings is 2. The fourth-order valence-electron chi connectivity index (χ4n) is 2.02. The van der Waals surface area contributed by atoms with Crippen LogP contribution in [0.4, 0.5) is 5.69 Å². The molecule has 0 aliphatic rings. The maximum atomic E-state index is 11.9. The van der Waals surface area contributed by atoms with Crippen molar-refractivity contribution in [3.63, 3.8) is 0 Å². The van der Waals surface area contributed by atoms with Gasteiger partial charge in [-0.2, -0.15) is 0 Å². The van der Waals surface area contributed by atoms with Crippen LogP contribution in [-0.4, -0.2) is 18.5 Å². The number of esters is 1. The maximum Gasteiger partial charge on any atom is 0.331 e. The highest BCUT2D eigenvalue weighted by atomic mass is 79.9. The second-order valence-corrected chi connectivity index (χ2v) is 6.17. The fourth-order valence-corrected chi connectivity index (χ4v) is 2.47. The molecule has 0 radical (unpaired) electrons. The SMILES string of the molecule is Cc1cc(NC(=O)COC(=O)/C=C/c2ccccc2)c(C)cc1Br. The lowest BCUT2D eigenvalue weighted by Crippen LogP contribution is -2.20. The Morgan fingerprint density at radius 1 is 1.12 bits per heavy atom. The molecule has 0 aromatic heterocycles. The Bertz CT molecular complexity index is 770. The smallest absolute Gasteiger partial charge is 0.331 e. The molecule has 0 fully saturated rings. The summed E-state index contributed by atoms with van der Waals surface area (Å²) in [5.74, 6) is -0.931. The lowest BCUT2D eigenvalue weighted by molar-refractivity contribution is -0.142. The van der Waals surface area contributed by atoms with Gasteiger partial charge in [-0.1, -0.05) is 46.3 Å². The van der Waals surface area contributed by atoms with E-state index in [9.17, 15) is 9.59 Å². The van der Waals surface area contributed by atoms with Crippen molar-refractivity contribution in [2.24, 2.45) is 0 Å². The molecule has 1 amide bonds. The number of hydrogen-bond acceptors (Lipinski definition) is 3. The van der Waals surface area contributed by atoms with Crippen LogP contribution in [0.25, 0.3) is 6.08 Å². The molecule has 0 aliphatic carbocycles. The van der Waals surface area contributed by atoms with Crippen molar-refractivity contribution in [3.05, 3.63) is 69.7 Å². The molecule has 0 bridgehead atoms. The number of hydrogen-bond donors (Lipinski definition) is 1. The van der Waals surface area contributed by atoms with E-state index in [1.165, 1.54) is 6.08 Å². The summed E-state index contributed by atoms with van der Waals surface area (Å²) < 4.78 is 5.93. The van der Waals surface area contributed by atoms with Gasteiger partial charge in [-0.15, -0.1) is 0 Å². The normalized spacial score (nSPS) is 10.6. The van der Waals surface area contributed by atoms with Crippen LogP contribution in [0, 0.1) is 13.8 Å². The zero-order valence-corrected chi connectivity index (χ0v) is 15.1. The highest BCUT2D eigenvalue weighted by Gasteiger charge is 2.09. The highest BCUT2D eigenvalue weighted by Crippen LogP contribution is 2.24. The number of rotatable bonds is 5. The standard InChI is InChI=1S/C19H18BrNO3/c1-13-11-17(14(2)10-16(13)20)21-18(22)12-24-19(23)9-8-15-6-4-3-5-7-15/h3-11H,12H2,1-2H3,(H,21,22)/b9-8+. The van der Waals surface area contributed by atoms with Gasteiger partial charge in [0.2, 0.25) is 0 Å². The topological polar surface area (TPSA) is 55.4 Å². The maximum absolute atomic E-state index is 11.9. The highest BCUT2D eigenvalue weighted by molar-refractivity contribution is 9.10. The van der Waals surface area contributed by atoms with Crippen LogP contribution in [0.15, 0.2) is 53.0 Å². The molecule has 2 aromatic rings. The first-order valence-electron chi connectivity index (χ1n) is 7.42. The van der Waals surface area contributed by atoms with Gasteiger partial charge in [0.05, 0.1) is 0 Å². The number of carbonyl (C=O) groups is 2. The Morgan fingerprint density at radius 3 is 2.54 bits per heavy atom. The summed E-state index contributed by atoms with van der Waals surface area (Å²) in [5.41, 5.74) is 3.53. The van der Waals surface area contributed by atoms with Gasteiger partial charge in [-0.3, -0.25) is 4.79 Å². The minimum Gasteiger partial charge on any atom is -0.452 e. The molecule has 2 aromatic carbocycles. The van der Waals surface area contributed by atoms with Gasteiger partial charge in [0.25, 0.3) is 5.91 Å². The fraction of sp³-hybridized carbons (Fsp3) is 0.158. The van der Waals surface area contributed by atoms with E-state index in [1.54, 1.807) is 6.08 Å². The minimum absolute atomic E-state index is 0.327. The molecular formula is C19H18BrNO3. The lowest BCUT2D eigenvalue weighted by Gasteiger charge is -2.10. The molecule has 0 unspecified atom stereocenters. The Hall–Kier alpha value is -2.40. The second-order valence-electron chi connectivity index (χ2n) is 5.32. The summed E-state index contributed by atoms with van der Waals surface area (Å²) >= 11 is 3.44. The van der Waals surface area contributed by atoms with Crippen LogP contribution in [0.1, 0.15) is 16.7 Å². The molecule has 5 heteroatoms.